The van der Waals surface area contributed by atoms with Crippen molar-refractivity contribution in [1.29, 1.82) is 0 Å². The number of hydrogen-bond acceptors (Lipinski definition) is 3. The molecule has 0 spiro atoms. The summed E-state index contributed by atoms with van der Waals surface area (Å²) in [5.41, 5.74) is 0.651. The van der Waals surface area contributed by atoms with Gasteiger partial charge >= 0.3 is 0 Å². The molecule has 1 saturated carbocycles. The number of carbonyl (C=O) groups excluding carboxylic acids is 2. The minimum absolute atomic E-state index is 0.0573. The lowest BCUT2D eigenvalue weighted by atomic mass is 9.90. The fraction of sp³-hybridized carbons (Fsp3) is 0.364. The maximum atomic E-state index is 13.5. The summed E-state index contributed by atoms with van der Waals surface area (Å²) in [7, 11) is 0. The van der Waals surface area contributed by atoms with Crippen molar-refractivity contribution in [3.63, 3.8) is 0 Å². The molecule has 4 aliphatic rings. The summed E-state index contributed by atoms with van der Waals surface area (Å²) in [6.07, 6.45) is 3.91. The normalized spacial score (nSPS) is 33.3. The van der Waals surface area contributed by atoms with Crippen molar-refractivity contribution in [2.24, 2.45) is 5.92 Å². The van der Waals surface area contributed by atoms with Crippen LogP contribution in [0.15, 0.2) is 48.5 Å². The summed E-state index contributed by atoms with van der Waals surface area (Å²) in [4.78, 5) is 30.3. The second-order valence-electron chi connectivity index (χ2n) is 8.15. The molecule has 2 amide bonds. The van der Waals surface area contributed by atoms with Crippen LogP contribution < -0.4 is 4.90 Å². The molecule has 5 heteroatoms. The molecular formula is C22H20N2O3. The third-order valence-electron chi connectivity index (χ3n) is 7.01. The zero-order valence-electron chi connectivity index (χ0n) is 14.8. The second kappa shape index (κ2) is 4.98. The van der Waals surface area contributed by atoms with Crippen LogP contribution in [0, 0.1) is 5.92 Å². The first-order valence-corrected chi connectivity index (χ1v) is 9.70. The number of hydrogen-bond donors (Lipinski definition) is 1. The van der Waals surface area contributed by atoms with Crippen LogP contribution in [0.3, 0.4) is 0 Å². The van der Waals surface area contributed by atoms with E-state index in [1.165, 1.54) is 4.90 Å². The first-order chi connectivity index (χ1) is 13.1. The van der Waals surface area contributed by atoms with E-state index < -0.39 is 11.8 Å². The number of anilines is 1. The van der Waals surface area contributed by atoms with Gasteiger partial charge in [0, 0.05) is 17.2 Å². The average Bonchev–Trinajstić information content (AvgIpc) is 3.32. The fourth-order valence-corrected chi connectivity index (χ4v) is 5.94. The van der Waals surface area contributed by atoms with E-state index >= 15 is 0 Å². The van der Waals surface area contributed by atoms with Crippen LogP contribution in [0.5, 0.6) is 0 Å². The van der Waals surface area contributed by atoms with Gasteiger partial charge in [0.15, 0.2) is 5.72 Å². The highest BCUT2D eigenvalue weighted by molar-refractivity contribution is 6.16. The van der Waals surface area contributed by atoms with Crippen LogP contribution in [0.2, 0.25) is 0 Å². The van der Waals surface area contributed by atoms with Gasteiger partial charge in [-0.05, 0) is 43.4 Å². The third kappa shape index (κ3) is 1.69. The fourth-order valence-electron chi connectivity index (χ4n) is 5.94. The van der Waals surface area contributed by atoms with Gasteiger partial charge in [-0.1, -0.05) is 36.8 Å². The standard InChI is InChI=1S/C22H20N2O3/c25-20-15-8-2-4-10-18(15)24-21(26)14-7-1-3-9-16(14)22(24,27)19-12-13-6-5-11-17(13)23(19)20/h1-4,7-10,13,17,19,27H,5-6,11-12H2/t13-,17-,19+,22+/m0/s1. The number of fused-ring (bicyclic) bond motifs is 9. The number of amides is 2. The Morgan fingerprint density at radius 2 is 1.67 bits per heavy atom. The number of rotatable bonds is 0. The van der Waals surface area contributed by atoms with Gasteiger partial charge in [0.05, 0.1) is 17.3 Å². The molecule has 3 heterocycles. The number of nitrogens with zero attached hydrogens (tertiary/aromatic N) is 2. The van der Waals surface area contributed by atoms with Crippen LogP contribution in [0.25, 0.3) is 0 Å². The van der Waals surface area contributed by atoms with Crippen molar-refractivity contribution >= 4 is 17.5 Å². The molecule has 6 rings (SSSR count). The average molecular weight is 360 g/mol. The van der Waals surface area contributed by atoms with E-state index in [0.717, 1.165) is 25.7 Å². The van der Waals surface area contributed by atoms with Crippen molar-refractivity contribution in [3.05, 3.63) is 65.2 Å². The molecule has 4 atom stereocenters. The topological polar surface area (TPSA) is 60.9 Å². The Labute approximate surface area is 157 Å². The van der Waals surface area contributed by atoms with Crippen molar-refractivity contribution < 1.29 is 14.7 Å². The molecule has 1 saturated heterocycles. The smallest absolute Gasteiger partial charge is 0.261 e. The molecule has 0 unspecified atom stereocenters. The van der Waals surface area contributed by atoms with Gasteiger partial charge in [0.2, 0.25) is 0 Å². The Bertz CT molecular complexity index is 1000. The van der Waals surface area contributed by atoms with Crippen molar-refractivity contribution in [2.45, 2.75) is 43.5 Å². The summed E-state index contributed by atoms with van der Waals surface area (Å²) in [5, 5.41) is 12.1. The third-order valence-corrected chi connectivity index (χ3v) is 7.01. The predicted octanol–water partition coefficient (Wildman–Crippen LogP) is 2.89. The molecule has 0 bridgehead atoms. The molecule has 27 heavy (non-hydrogen) atoms. The Morgan fingerprint density at radius 3 is 2.52 bits per heavy atom. The summed E-state index contributed by atoms with van der Waals surface area (Å²) < 4.78 is 0. The highest BCUT2D eigenvalue weighted by Gasteiger charge is 2.63. The lowest BCUT2D eigenvalue weighted by Crippen LogP contribution is -2.57. The summed E-state index contributed by atoms with van der Waals surface area (Å²) >= 11 is 0. The van der Waals surface area contributed by atoms with Crippen LogP contribution in [0.4, 0.5) is 5.69 Å². The molecule has 2 aromatic rings. The van der Waals surface area contributed by atoms with E-state index in [4.69, 9.17) is 0 Å². The zero-order chi connectivity index (χ0) is 18.3. The van der Waals surface area contributed by atoms with Crippen LogP contribution in [-0.4, -0.2) is 33.9 Å². The summed E-state index contributed by atoms with van der Waals surface area (Å²) in [5.74, 6) is 0.114. The highest BCUT2D eigenvalue weighted by atomic mass is 16.3. The Morgan fingerprint density at radius 1 is 0.926 bits per heavy atom. The Balaban J connectivity index is 1.67. The molecule has 0 aromatic heterocycles. The maximum absolute atomic E-state index is 13.5. The zero-order valence-corrected chi connectivity index (χ0v) is 14.8. The SMILES string of the molecule is O=C1c2ccccc2N2C(=O)c3ccccc3[C@@]2(O)[C@H]2C[C@@H]3CCC[C@@H]3N12. The van der Waals surface area contributed by atoms with E-state index in [-0.39, 0.29) is 17.9 Å². The van der Waals surface area contributed by atoms with Gasteiger partial charge in [-0.25, -0.2) is 0 Å². The van der Waals surface area contributed by atoms with Gasteiger partial charge in [0.1, 0.15) is 0 Å². The molecular weight excluding hydrogens is 340 g/mol. The molecule has 2 aromatic carbocycles. The predicted molar refractivity (Wildman–Crippen MR) is 99.3 cm³/mol. The molecule has 2 fully saturated rings. The van der Waals surface area contributed by atoms with E-state index in [0.29, 0.717) is 28.3 Å². The first-order valence-electron chi connectivity index (χ1n) is 9.70. The summed E-state index contributed by atoms with van der Waals surface area (Å²) in [6, 6.07) is 14.2. The number of benzene rings is 2. The minimum Gasteiger partial charge on any atom is -0.365 e. The molecule has 136 valence electrons. The van der Waals surface area contributed by atoms with Crippen LogP contribution >= 0.6 is 0 Å². The van der Waals surface area contributed by atoms with E-state index in [1.807, 2.05) is 35.2 Å². The lowest BCUT2D eigenvalue weighted by Gasteiger charge is -2.41. The van der Waals surface area contributed by atoms with Crippen LogP contribution in [0.1, 0.15) is 52.0 Å². The van der Waals surface area contributed by atoms with Crippen molar-refractivity contribution in [2.75, 3.05) is 4.90 Å². The van der Waals surface area contributed by atoms with Gasteiger partial charge in [-0.15, -0.1) is 0 Å². The minimum atomic E-state index is -1.51. The molecule has 3 aliphatic heterocycles. The molecule has 5 nitrogen and oxygen atoms in total. The van der Waals surface area contributed by atoms with Gasteiger partial charge in [0.25, 0.3) is 11.8 Å². The molecule has 1 aliphatic carbocycles. The summed E-state index contributed by atoms with van der Waals surface area (Å²) in [6.45, 7) is 0. The Hall–Kier alpha value is -2.66. The number of para-hydroxylation sites is 1. The quantitative estimate of drug-likeness (QED) is 0.786. The van der Waals surface area contributed by atoms with Crippen molar-refractivity contribution in [3.8, 4) is 0 Å². The van der Waals surface area contributed by atoms with Gasteiger partial charge in [-0.3, -0.25) is 14.5 Å². The maximum Gasteiger partial charge on any atom is 0.261 e. The number of aliphatic hydroxyl groups is 1. The van der Waals surface area contributed by atoms with Crippen molar-refractivity contribution in [1.82, 2.24) is 4.90 Å². The second-order valence-corrected chi connectivity index (χ2v) is 8.15. The van der Waals surface area contributed by atoms with E-state index in [9.17, 15) is 14.7 Å². The Kier molecular flexibility index (Phi) is 2.84. The largest absolute Gasteiger partial charge is 0.365 e. The lowest BCUT2D eigenvalue weighted by molar-refractivity contribution is -0.0295. The van der Waals surface area contributed by atoms with Gasteiger partial charge in [-0.2, -0.15) is 0 Å². The van der Waals surface area contributed by atoms with E-state index in [2.05, 4.69) is 0 Å². The first kappa shape index (κ1) is 15.4. The molecule has 0 radical (unpaired) electrons. The monoisotopic (exact) mass is 360 g/mol. The molecule has 1 N–H and O–H groups in total. The van der Waals surface area contributed by atoms with Gasteiger partial charge < -0.3 is 10.0 Å². The van der Waals surface area contributed by atoms with Crippen LogP contribution in [-0.2, 0) is 5.72 Å². The van der Waals surface area contributed by atoms with E-state index in [1.54, 1.807) is 18.2 Å². The highest BCUT2D eigenvalue weighted by Crippen LogP contribution is 2.54. The number of carbonyl (C=O) groups is 2.